The van der Waals surface area contributed by atoms with E-state index in [1.165, 1.54) is 36.5 Å². The van der Waals surface area contributed by atoms with Gasteiger partial charge in [0.2, 0.25) is 0 Å². The molecule has 0 aromatic heterocycles. The summed E-state index contributed by atoms with van der Waals surface area (Å²) in [5.74, 6) is -0.136. The van der Waals surface area contributed by atoms with Crippen molar-refractivity contribution in [2.45, 2.75) is 51.4 Å². The predicted octanol–water partition coefficient (Wildman–Crippen LogP) is 5.18. The van der Waals surface area contributed by atoms with Crippen molar-refractivity contribution in [3.63, 3.8) is 0 Å². The van der Waals surface area contributed by atoms with E-state index in [9.17, 15) is 9.59 Å². The van der Waals surface area contributed by atoms with E-state index < -0.39 is 0 Å². The molecule has 4 aliphatic rings. The molecule has 2 atom stereocenters. The van der Waals surface area contributed by atoms with Gasteiger partial charge in [0, 0.05) is 0 Å². The molecule has 0 N–H and O–H groups in total. The number of ether oxygens (including phenoxy) is 2. The zero-order valence-electron chi connectivity index (χ0n) is 17.9. The van der Waals surface area contributed by atoms with Gasteiger partial charge < -0.3 is 9.47 Å². The van der Waals surface area contributed by atoms with Crippen LogP contribution in [0.5, 0.6) is 0 Å². The van der Waals surface area contributed by atoms with Crippen LogP contribution in [0.25, 0.3) is 11.1 Å². The molecule has 4 nitrogen and oxygen atoms in total. The maximum atomic E-state index is 12.0. The van der Waals surface area contributed by atoms with Crippen LogP contribution in [0.2, 0.25) is 0 Å². The van der Waals surface area contributed by atoms with Gasteiger partial charge in [-0.15, -0.1) is 0 Å². The standard InChI is InChI=1S/C26H30O4/c1-29-23(27)19-7-9-21(25(15-19)11-12-25)17-3-5-18(6-4-17)22-10-8-20(24(28)30-2)16-26(22)13-14-26/h3-6,9-10,19-20H,7-8,11-16H2,1-2H3/t19-,20+. The minimum Gasteiger partial charge on any atom is -0.469 e. The summed E-state index contributed by atoms with van der Waals surface area (Å²) in [4.78, 5) is 24.0. The summed E-state index contributed by atoms with van der Waals surface area (Å²) < 4.78 is 9.97. The van der Waals surface area contributed by atoms with Crippen molar-refractivity contribution < 1.29 is 19.1 Å². The molecule has 4 aliphatic carbocycles. The van der Waals surface area contributed by atoms with Gasteiger partial charge in [-0.05, 0) is 84.5 Å². The van der Waals surface area contributed by atoms with Crippen LogP contribution in [0, 0.1) is 22.7 Å². The molecule has 5 rings (SSSR count). The van der Waals surface area contributed by atoms with Crippen molar-refractivity contribution in [1.29, 1.82) is 0 Å². The van der Waals surface area contributed by atoms with E-state index in [-0.39, 0.29) is 34.6 Å². The van der Waals surface area contributed by atoms with Gasteiger partial charge in [-0.3, -0.25) is 9.59 Å². The summed E-state index contributed by atoms with van der Waals surface area (Å²) in [5, 5.41) is 0. The van der Waals surface area contributed by atoms with Gasteiger partial charge in [-0.25, -0.2) is 0 Å². The highest BCUT2D eigenvalue weighted by atomic mass is 16.5. The molecule has 1 aromatic carbocycles. The first kappa shape index (κ1) is 19.6. The number of carbonyl (C=O) groups is 2. The number of methoxy groups -OCH3 is 2. The third kappa shape index (κ3) is 3.21. The maximum Gasteiger partial charge on any atom is 0.308 e. The summed E-state index contributed by atoms with van der Waals surface area (Å²) >= 11 is 0. The van der Waals surface area contributed by atoms with Crippen LogP contribution in [-0.2, 0) is 19.1 Å². The van der Waals surface area contributed by atoms with Crippen LogP contribution in [-0.4, -0.2) is 26.2 Å². The Kier molecular flexibility index (Phi) is 4.64. The quantitative estimate of drug-likeness (QED) is 0.647. The van der Waals surface area contributed by atoms with Crippen molar-refractivity contribution in [3.8, 4) is 0 Å². The predicted molar refractivity (Wildman–Crippen MR) is 115 cm³/mol. The highest BCUT2D eigenvalue weighted by Gasteiger charge is 2.52. The lowest BCUT2D eigenvalue weighted by molar-refractivity contribution is -0.146. The zero-order valence-corrected chi connectivity index (χ0v) is 17.9. The molecule has 0 radical (unpaired) electrons. The van der Waals surface area contributed by atoms with Crippen LogP contribution < -0.4 is 0 Å². The SMILES string of the molecule is COC(=O)[C@@H]1CC=C(c2ccc(C3=CC[C@H](C(=O)OC)CC34CC4)cc2)C2(CC2)C1. The average molecular weight is 407 g/mol. The molecule has 0 unspecified atom stereocenters. The van der Waals surface area contributed by atoms with Crippen LogP contribution in [0.1, 0.15) is 62.5 Å². The molecule has 30 heavy (non-hydrogen) atoms. The number of allylic oxidation sites excluding steroid dienone is 4. The number of hydrogen-bond acceptors (Lipinski definition) is 4. The highest BCUT2D eigenvalue weighted by Crippen LogP contribution is 2.63. The smallest absolute Gasteiger partial charge is 0.308 e. The molecule has 0 heterocycles. The normalized spacial score (nSPS) is 27.8. The number of hydrogen-bond donors (Lipinski definition) is 0. The summed E-state index contributed by atoms with van der Waals surface area (Å²) in [6, 6.07) is 9.01. The summed E-state index contributed by atoms with van der Waals surface area (Å²) in [5.41, 5.74) is 5.75. The third-order valence-corrected chi connectivity index (χ3v) is 7.91. The Morgan fingerprint density at radius 3 is 1.40 bits per heavy atom. The average Bonchev–Trinajstić information content (AvgIpc) is 3.72. The molecule has 1 aromatic rings. The topological polar surface area (TPSA) is 52.6 Å². The fraction of sp³-hybridized carbons (Fsp3) is 0.538. The zero-order chi connectivity index (χ0) is 20.9. The van der Waals surface area contributed by atoms with Crippen molar-refractivity contribution in [2.24, 2.45) is 22.7 Å². The second-order valence-electron chi connectivity index (χ2n) is 9.69. The number of rotatable bonds is 4. The number of esters is 2. The molecule has 4 heteroatoms. The Balaban J connectivity index is 1.37. The summed E-state index contributed by atoms with van der Waals surface area (Å²) in [6.07, 6.45) is 12.6. The van der Waals surface area contributed by atoms with E-state index >= 15 is 0 Å². The van der Waals surface area contributed by atoms with E-state index in [0.717, 1.165) is 51.4 Å². The largest absolute Gasteiger partial charge is 0.469 e. The molecular weight excluding hydrogens is 376 g/mol. The van der Waals surface area contributed by atoms with E-state index in [0.29, 0.717) is 0 Å². The second-order valence-corrected chi connectivity index (χ2v) is 9.69. The number of carbonyl (C=O) groups excluding carboxylic acids is 2. The Hall–Kier alpha value is -2.36. The lowest BCUT2D eigenvalue weighted by atomic mass is 9.74. The third-order valence-electron chi connectivity index (χ3n) is 7.91. The van der Waals surface area contributed by atoms with Crippen molar-refractivity contribution >= 4 is 23.1 Å². The second kappa shape index (κ2) is 7.11. The van der Waals surface area contributed by atoms with E-state index in [2.05, 4.69) is 36.4 Å². The van der Waals surface area contributed by atoms with Gasteiger partial charge in [0.1, 0.15) is 0 Å². The van der Waals surface area contributed by atoms with Crippen LogP contribution in [0.15, 0.2) is 36.4 Å². The van der Waals surface area contributed by atoms with Crippen molar-refractivity contribution in [3.05, 3.63) is 47.5 Å². The minimum atomic E-state index is -0.0730. The monoisotopic (exact) mass is 406 g/mol. The van der Waals surface area contributed by atoms with Crippen molar-refractivity contribution in [2.75, 3.05) is 14.2 Å². The molecular formula is C26H30O4. The highest BCUT2D eigenvalue weighted by molar-refractivity contribution is 5.82. The van der Waals surface area contributed by atoms with Gasteiger partial charge in [-0.1, -0.05) is 36.4 Å². The lowest BCUT2D eigenvalue weighted by Gasteiger charge is -2.30. The molecule has 2 saturated carbocycles. The molecule has 0 aliphatic heterocycles. The van der Waals surface area contributed by atoms with Crippen LogP contribution in [0.4, 0.5) is 0 Å². The van der Waals surface area contributed by atoms with E-state index in [1.807, 2.05) is 0 Å². The first-order chi connectivity index (χ1) is 14.5. The summed E-state index contributed by atoms with van der Waals surface area (Å²) in [7, 11) is 2.97. The molecule has 0 saturated heterocycles. The van der Waals surface area contributed by atoms with E-state index in [4.69, 9.17) is 9.47 Å². The van der Waals surface area contributed by atoms with Gasteiger partial charge in [0.15, 0.2) is 0 Å². The molecule has 2 spiro atoms. The van der Waals surface area contributed by atoms with Gasteiger partial charge in [0.05, 0.1) is 26.1 Å². The molecule has 0 bridgehead atoms. The van der Waals surface area contributed by atoms with Crippen LogP contribution in [0.3, 0.4) is 0 Å². The Bertz CT molecular complexity index is 851. The summed E-state index contributed by atoms with van der Waals surface area (Å²) in [6.45, 7) is 0. The molecule has 2 fully saturated rings. The maximum absolute atomic E-state index is 12.0. The van der Waals surface area contributed by atoms with Gasteiger partial charge >= 0.3 is 11.9 Å². The first-order valence-electron chi connectivity index (χ1n) is 11.2. The van der Waals surface area contributed by atoms with Gasteiger partial charge in [0.25, 0.3) is 0 Å². The Labute approximate surface area is 178 Å². The molecule has 0 amide bonds. The van der Waals surface area contributed by atoms with Gasteiger partial charge in [-0.2, -0.15) is 0 Å². The Morgan fingerprint density at radius 1 is 0.733 bits per heavy atom. The first-order valence-corrected chi connectivity index (χ1v) is 11.2. The fourth-order valence-electron chi connectivity index (χ4n) is 5.90. The lowest BCUT2D eigenvalue weighted by Crippen LogP contribution is -2.24. The van der Waals surface area contributed by atoms with E-state index in [1.54, 1.807) is 0 Å². The number of benzene rings is 1. The Morgan fingerprint density at radius 2 is 1.10 bits per heavy atom. The van der Waals surface area contributed by atoms with Crippen molar-refractivity contribution in [1.82, 2.24) is 0 Å². The fourth-order valence-corrected chi connectivity index (χ4v) is 5.90. The molecule has 158 valence electrons. The minimum absolute atomic E-state index is 0.00500. The van der Waals surface area contributed by atoms with Crippen LogP contribution >= 0.6 is 0 Å².